The summed E-state index contributed by atoms with van der Waals surface area (Å²) in [4.78, 5) is 31.5. The summed E-state index contributed by atoms with van der Waals surface area (Å²) in [6.45, 7) is 2.13. The van der Waals surface area contributed by atoms with Crippen molar-refractivity contribution in [3.8, 4) is 23.0 Å². The van der Waals surface area contributed by atoms with E-state index in [1.54, 1.807) is 44.4 Å². The van der Waals surface area contributed by atoms with Gasteiger partial charge in [0.25, 0.3) is 5.91 Å². The molecule has 3 aliphatic rings. The Bertz CT molecular complexity index is 1220. The Balaban J connectivity index is 1.60. The number of fused-ring (bicyclic) bond motifs is 1. The highest BCUT2D eigenvalue weighted by atomic mass is 16.7. The van der Waals surface area contributed by atoms with Gasteiger partial charge in [0.2, 0.25) is 5.91 Å². The summed E-state index contributed by atoms with van der Waals surface area (Å²) in [6, 6.07) is 8.30. The second-order valence-corrected chi connectivity index (χ2v) is 9.68. The van der Waals surface area contributed by atoms with Gasteiger partial charge < -0.3 is 38.2 Å². The predicted octanol–water partition coefficient (Wildman–Crippen LogP) is 3.00. The van der Waals surface area contributed by atoms with Crippen molar-refractivity contribution in [2.45, 2.75) is 30.6 Å². The number of carbonyl (C=O) groups excluding carboxylic acids is 2. The van der Waals surface area contributed by atoms with Crippen LogP contribution in [0.5, 0.6) is 23.0 Å². The number of hydrogen-bond acceptors (Lipinski definition) is 8. The smallest absolute Gasteiger partial charge is 0.254 e. The van der Waals surface area contributed by atoms with Crippen LogP contribution in [0.1, 0.15) is 46.3 Å². The Morgan fingerprint density at radius 3 is 2.05 bits per heavy atom. The van der Waals surface area contributed by atoms with Crippen LogP contribution in [0, 0.1) is 0 Å². The fourth-order valence-electron chi connectivity index (χ4n) is 5.82. The van der Waals surface area contributed by atoms with Gasteiger partial charge in [-0.05, 0) is 35.4 Å². The molecule has 10 nitrogen and oxygen atoms in total. The van der Waals surface area contributed by atoms with Gasteiger partial charge >= 0.3 is 0 Å². The van der Waals surface area contributed by atoms with Gasteiger partial charge in [-0.3, -0.25) is 9.59 Å². The van der Waals surface area contributed by atoms with Crippen LogP contribution in [-0.2, 0) is 14.3 Å². The standard InChI is InChI=1S/C28H34N2O8/c1-29-25(17-6-7-20(33-2)21(14-17)34-3)24(18-15-22(35-4)23(36-5)16-19(18)26(29)31)27(32)30-10-8-28(9-11-30)37-12-13-38-28/h6-7,14-16,24-25H,8-13H2,1-5H3/t24-,25+/m1/s1. The minimum absolute atomic E-state index is 0.0783. The SMILES string of the molecule is COc1ccc([C@H]2[C@H](C(=O)N3CCC4(CC3)OCCO4)c3cc(OC)c(OC)cc3C(=O)N2C)cc1OC. The average molecular weight is 527 g/mol. The van der Waals surface area contributed by atoms with E-state index < -0.39 is 17.7 Å². The van der Waals surface area contributed by atoms with E-state index >= 15 is 0 Å². The maximum Gasteiger partial charge on any atom is 0.254 e. The number of ether oxygens (including phenoxy) is 6. The highest BCUT2D eigenvalue weighted by Crippen LogP contribution is 2.48. The number of amides is 2. The number of likely N-dealkylation sites (N-methyl/N-ethyl adjacent to an activating group) is 1. The quantitative estimate of drug-likeness (QED) is 0.567. The third-order valence-electron chi connectivity index (χ3n) is 7.84. The first-order chi connectivity index (χ1) is 18.4. The van der Waals surface area contributed by atoms with E-state index in [4.69, 9.17) is 28.4 Å². The fraction of sp³-hybridized carbons (Fsp3) is 0.500. The van der Waals surface area contributed by atoms with Crippen LogP contribution in [0.25, 0.3) is 0 Å². The van der Waals surface area contributed by atoms with Crippen molar-refractivity contribution in [1.82, 2.24) is 9.80 Å². The van der Waals surface area contributed by atoms with E-state index in [1.165, 1.54) is 14.2 Å². The Hall–Kier alpha value is -3.50. The van der Waals surface area contributed by atoms with E-state index in [9.17, 15) is 9.59 Å². The molecule has 0 unspecified atom stereocenters. The molecule has 3 aliphatic heterocycles. The lowest BCUT2D eigenvalue weighted by molar-refractivity contribution is -0.188. The average Bonchev–Trinajstić information content (AvgIpc) is 3.41. The minimum atomic E-state index is -0.690. The van der Waals surface area contributed by atoms with Crippen molar-refractivity contribution in [1.29, 1.82) is 0 Å². The molecular weight excluding hydrogens is 492 g/mol. The van der Waals surface area contributed by atoms with Crippen molar-refractivity contribution in [2.75, 3.05) is 61.8 Å². The molecule has 204 valence electrons. The van der Waals surface area contributed by atoms with Crippen molar-refractivity contribution in [3.63, 3.8) is 0 Å². The molecule has 2 fully saturated rings. The summed E-state index contributed by atoms with van der Waals surface area (Å²) in [5, 5.41) is 0. The lowest BCUT2D eigenvalue weighted by Crippen LogP contribution is -2.51. The Morgan fingerprint density at radius 1 is 0.868 bits per heavy atom. The molecular formula is C28H34N2O8. The van der Waals surface area contributed by atoms with Gasteiger partial charge in [-0.15, -0.1) is 0 Å². The fourth-order valence-corrected chi connectivity index (χ4v) is 5.82. The summed E-state index contributed by atoms with van der Waals surface area (Å²) < 4.78 is 33.7. The molecule has 0 aromatic heterocycles. The van der Waals surface area contributed by atoms with Crippen LogP contribution >= 0.6 is 0 Å². The maximum absolute atomic E-state index is 14.4. The third kappa shape index (κ3) is 4.31. The van der Waals surface area contributed by atoms with E-state index in [0.29, 0.717) is 73.3 Å². The first-order valence-electron chi connectivity index (χ1n) is 12.7. The highest BCUT2D eigenvalue weighted by Gasteiger charge is 2.47. The van der Waals surface area contributed by atoms with Gasteiger partial charge in [-0.25, -0.2) is 0 Å². The van der Waals surface area contributed by atoms with Gasteiger partial charge in [0.15, 0.2) is 28.8 Å². The summed E-state index contributed by atoms with van der Waals surface area (Å²) in [5.41, 5.74) is 1.77. The monoisotopic (exact) mass is 526 g/mol. The number of piperidine rings is 1. The van der Waals surface area contributed by atoms with Crippen molar-refractivity contribution >= 4 is 11.8 Å². The molecule has 1 spiro atoms. The van der Waals surface area contributed by atoms with Crippen molar-refractivity contribution < 1.29 is 38.0 Å². The molecule has 0 aliphatic carbocycles. The van der Waals surface area contributed by atoms with E-state index in [-0.39, 0.29) is 11.8 Å². The summed E-state index contributed by atoms with van der Waals surface area (Å²) >= 11 is 0. The molecule has 3 heterocycles. The molecule has 2 aromatic carbocycles. The summed E-state index contributed by atoms with van der Waals surface area (Å²) in [5.74, 6) is 0.384. The lowest BCUT2D eigenvalue weighted by atomic mass is 9.78. The van der Waals surface area contributed by atoms with Crippen LogP contribution in [0.15, 0.2) is 30.3 Å². The molecule has 0 bridgehead atoms. The van der Waals surface area contributed by atoms with Crippen LogP contribution in [0.3, 0.4) is 0 Å². The number of nitrogens with zero attached hydrogens (tertiary/aromatic N) is 2. The van der Waals surface area contributed by atoms with Gasteiger partial charge in [-0.1, -0.05) is 6.07 Å². The predicted molar refractivity (Wildman–Crippen MR) is 137 cm³/mol. The minimum Gasteiger partial charge on any atom is -0.493 e. The second kappa shape index (κ2) is 10.3. The van der Waals surface area contributed by atoms with E-state index in [1.807, 2.05) is 17.0 Å². The Labute approximate surface area is 222 Å². The third-order valence-corrected chi connectivity index (χ3v) is 7.84. The molecule has 2 aromatic rings. The number of benzene rings is 2. The van der Waals surface area contributed by atoms with E-state index in [0.717, 1.165) is 5.56 Å². The van der Waals surface area contributed by atoms with Crippen LogP contribution in [0.4, 0.5) is 0 Å². The molecule has 2 amide bonds. The lowest BCUT2D eigenvalue weighted by Gasteiger charge is -2.44. The first kappa shape index (κ1) is 26.1. The van der Waals surface area contributed by atoms with Crippen LogP contribution in [-0.4, -0.2) is 89.2 Å². The molecule has 2 atom stereocenters. The van der Waals surface area contributed by atoms with Crippen molar-refractivity contribution in [2.24, 2.45) is 0 Å². The zero-order valence-electron chi connectivity index (χ0n) is 22.4. The molecule has 5 rings (SSSR count). The Morgan fingerprint density at radius 2 is 1.45 bits per heavy atom. The van der Waals surface area contributed by atoms with Crippen molar-refractivity contribution in [3.05, 3.63) is 47.0 Å². The Kier molecular flexibility index (Phi) is 7.11. The maximum atomic E-state index is 14.4. The van der Waals surface area contributed by atoms with Gasteiger partial charge in [0.05, 0.1) is 53.6 Å². The zero-order valence-corrected chi connectivity index (χ0v) is 22.4. The molecule has 0 radical (unpaired) electrons. The molecule has 0 saturated carbocycles. The largest absolute Gasteiger partial charge is 0.493 e. The number of rotatable bonds is 6. The molecule has 2 saturated heterocycles. The highest BCUT2D eigenvalue weighted by molar-refractivity contribution is 6.02. The van der Waals surface area contributed by atoms with Crippen LogP contribution in [0.2, 0.25) is 0 Å². The topological polar surface area (TPSA) is 96.0 Å². The number of carbonyl (C=O) groups is 2. The first-order valence-corrected chi connectivity index (χ1v) is 12.7. The molecule has 0 N–H and O–H groups in total. The van der Waals surface area contributed by atoms with Crippen LogP contribution < -0.4 is 18.9 Å². The zero-order chi connectivity index (χ0) is 27.0. The molecule has 38 heavy (non-hydrogen) atoms. The van der Waals surface area contributed by atoms with Gasteiger partial charge in [0.1, 0.15) is 0 Å². The summed E-state index contributed by atoms with van der Waals surface area (Å²) in [6.07, 6.45) is 1.19. The summed E-state index contributed by atoms with van der Waals surface area (Å²) in [7, 11) is 7.90. The van der Waals surface area contributed by atoms with E-state index in [2.05, 4.69) is 0 Å². The number of hydrogen-bond donors (Lipinski definition) is 0. The number of likely N-dealkylation sites (tertiary alicyclic amines) is 1. The van der Waals surface area contributed by atoms with Gasteiger partial charge in [0, 0.05) is 38.5 Å². The van der Waals surface area contributed by atoms with Gasteiger partial charge in [-0.2, -0.15) is 0 Å². The molecule has 10 heteroatoms. The normalized spacial score (nSPS) is 22.3. The number of methoxy groups -OCH3 is 4. The second-order valence-electron chi connectivity index (χ2n) is 9.68.